The number of rotatable bonds is 5. The van der Waals surface area contributed by atoms with Crippen LogP contribution in [0.2, 0.25) is 0 Å². The van der Waals surface area contributed by atoms with E-state index in [1.807, 2.05) is 0 Å². The fourth-order valence-electron chi connectivity index (χ4n) is 1.46. The zero-order chi connectivity index (χ0) is 13.8. The quantitative estimate of drug-likeness (QED) is 0.817. The van der Waals surface area contributed by atoms with Crippen LogP contribution in [0.3, 0.4) is 0 Å². The van der Waals surface area contributed by atoms with Gasteiger partial charge in [-0.25, -0.2) is 8.78 Å². The van der Waals surface area contributed by atoms with Gasteiger partial charge in [-0.2, -0.15) is 0 Å². The van der Waals surface area contributed by atoms with E-state index in [4.69, 9.17) is 10.5 Å². The Hall–Kier alpha value is -1.69. The molecule has 0 bridgehead atoms. The van der Waals surface area contributed by atoms with E-state index in [9.17, 15) is 13.6 Å². The van der Waals surface area contributed by atoms with Crippen molar-refractivity contribution in [2.75, 3.05) is 14.2 Å². The average Bonchev–Trinajstić information content (AvgIpc) is 2.37. The van der Waals surface area contributed by atoms with Crippen molar-refractivity contribution in [3.63, 3.8) is 0 Å². The molecule has 0 saturated heterocycles. The summed E-state index contributed by atoms with van der Waals surface area (Å²) in [4.78, 5) is 11.0. The van der Waals surface area contributed by atoms with Crippen molar-refractivity contribution in [3.05, 3.63) is 29.8 Å². The van der Waals surface area contributed by atoms with Crippen LogP contribution < -0.4 is 10.5 Å². The second kappa shape index (κ2) is 5.77. The van der Waals surface area contributed by atoms with E-state index in [0.29, 0.717) is 5.75 Å². The molecule has 0 spiro atoms. The second-order valence-electron chi connectivity index (χ2n) is 3.77. The lowest BCUT2D eigenvalue weighted by molar-refractivity contribution is -0.145. The van der Waals surface area contributed by atoms with Crippen LogP contribution in [-0.2, 0) is 15.5 Å². The van der Waals surface area contributed by atoms with Crippen LogP contribution in [-0.4, -0.2) is 26.2 Å². The molecule has 1 atom stereocenters. The van der Waals surface area contributed by atoms with Crippen LogP contribution in [0.15, 0.2) is 24.3 Å². The first kappa shape index (κ1) is 14.4. The van der Waals surface area contributed by atoms with Crippen LogP contribution in [0.5, 0.6) is 5.75 Å². The summed E-state index contributed by atoms with van der Waals surface area (Å²) in [6.45, 7) is 0. The molecule has 0 aliphatic heterocycles. The number of nitrogens with two attached hydrogens (primary N) is 1. The Labute approximate surface area is 104 Å². The average molecular weight is 259 g/mol. The topological polar surface area (TPSA) is 61.5 Å². The predicted octanol–water partition coefficient (Wildman–Crippen LogP) is 1.68. The summed E-state index contributed by atoms with van der Waals surface area (Å²) in [5.74, 6) is -3.57. The van der Waals surface area contributed by atoms with Crippen molar-refractivity contribution in [1.82, 2.24) is 0 Å². The van der Waals surface area contributed by atoms with E-state index in [1.54, 1.807) is 0 Å². The van der Waals surface area contributed by atoms with Gasteiger partial charge >= 0.3 is 5.97 Å². The van der Waals surface area contributed by atoms with Gasteiger partial charge in [-0.15, -0.1) is 0 Å². The van der Waals surface area contributed by atoms with Gasteiger partial charge in [0.05, 0.1) is 14.2 Å². The number of ether oxygens (including phenoxy) is 2. The van der Waals surface area contributed by atoms with E-state index in [2.05, 4.69) is 4.74 Å². The molecule has 18 heavy (non-hydrogen) atoms. The van der Waals surface area contributed by atoms with Gasteiger partial charge < -0.3 is 15.2 Å². The van der Waals surface area contributed by atoms with Crippen molar-refractivity contribution in [3.8, 4) is 5.75 Å². The minimum Gasteiger partial charge on any atom is -0.497 e. The Morgan fingerprint density at radius 3 is 2.33 bits per heavy atom. The zero-order valence-electron chi connectivity index (χ0n) is 10.2. The molecule has 1 aromatic rings. The maximum absolute atomic E-state index is 13.8. The molecule has 0 aromatic heterocycles. The monoisotopic (exact) mass is 259 g/mol. The number of alkyl halides is 2. The molecule has 1 unspecified atom stereocenters. The number of methoxy groups -OCH3 is 2. The summed E-state index contributed by atoms with van der Waals surface area (Å²) < 4.78 is 36.8. The van der Waals surface area contributed by atoms with E-state index < -0.39 is 24.4 Å². The fraction of sp³-hybridized carbons (Fsp3) is 0.417. The first-order valence-corrected chi connectivity index (χ1v) is 5.26. The molecule has 100 valence electrons. The Balaban J connectivity index is 2.81. The Kier molecular flexibility index (Phi) is 4.61. The molecule has 0 radical (unpaired) electrons. The number of hydrogen-bond acceptors (Lipinski definition) is 4. The van der Waals surface area contributed by atoms with Crippen LogP contribution in [0.1, 0.15) is 12.0 Å². The first-order chi connectivity index (χ1) is 8.40. The summed E-state index contributed by atoms with van der Waals surface area (Å²) in [7, 11) is 2.55. The maximum Gasteiger partial charge on any atom is 0.322 e. The molecule has 0 amide bonds. The minimum absolute atomic E-state index is 0.220. The molecule has 0 aliphatic carbocycles. The highest BCUT2D eigenvalue weighted by atomic mass is 19.3. The number of carbonyl (C=O) groups excluding carboxylic acids is 1. The van der Waals surface area contributed by atoms with Gasteiger partial charge in [-0.05, 0) is 24.3 Å². The number of halogens is 2. The lowest BCUT2D eigenvalue weighted by Gasteiger charge is -2.19. The SMILES string of the molecule is COC(=O)C(N)CC(F)(F)c1ccc(OC)cc1. The van der Waals surface area contributed by atoms with Crippen molar-refractivity contribution in [2.24, 2.45) is 5.73 Å². The van der Waals surface area contributed by atoms with Crippen LogP contribution in [0.4, 0.5) is 8.78 Å². The Morgan fingerprint density at radius 1 is 1.33 bits per heavy atom. The summed E-state index contributed by atoms with van der Waals surface area (Å²) >= 11 is 0. The third kappa shape index (κ3) is 3.40. The lowest BCUT2D eigenvalue weighted by Crippen LogP contribution is -2.36. The van der Waals surface area contributed by atoms with Crippen molar-refractivity contribution in [1.29, 1.82) is 0 Å². The van der Waals surface area contributed by atoms with Crippen molar-refractivity contribution in [2.45, 2.75) is 18.4 Å². The molecule has 6 heteroatoms. The van der Waals surface area contributed by atoms with Crippen LogP contribution >= 0.6 is 0 Å². The van der Waals surface area contributed by atoms with Gasteiger partial charge in [0.1, 0.15) is 11.8 Å². The van der Waals surface area contributed by atoms with Gasteiger partial charge in [-0.3, -0.25) is 4.79 Å². The standard InChI is InChI=1S/C12H15F2NO3/c1-17-9-5-3-8(4-6-9)12(13,14)7-10(15)11(16)18-2/h3-6,10H,7,15H2,1-2H3. The van der Waals surface area contributed by atoms with E-state index in [-0.39, 0.29) is 5.56 Å². The van der Waals surface area contributed by atoms with Gasteiger partial charge in [0.2, 0.25) is 0 Å². The molecule has 4 nitrogen and oxygen atoms in total. The molecule has 1 rings (SSSR count). The lowest BCUT2D eigenvalue weighted by atomic mass is 10.0. The fourth-order valence-corrected chi connectivity index (χ4v) is 1.46. The Morgan fingerprint density at radius 2 is 1.89 bits per heavy atom. The summed E-state index contributed by atoms with van der Waals surface area (Å²) in [6.07, 6.45) is -0.800. The highest BCUT2D eigenvalue weighted by Gasteiger charge is 2.36. The summed E-state index contributed by atoms with van der Waals surface area (Å²) in [5.41, 5.74) is 5.11. The molecule has 2 N–H and O–H groups in total. The molecule has 0 aliphatic rings. The Bertz CT molecular complexity index is 406. The maximum atomic E-state index is 13.8. The normalized spacial score (nSPS) is 12.9. The van der Waals surface area contributed by atoms with Gasteiger partial charge in [0.15, 0.2) is 0 Å². The predicted molar refractivity (Wildman–Crippen MR) is 61.5 cm³/mol. The highest BCUT2D eigenvalue weighted by molar-refractivity contribution is 5.75. The van der Waals surface area contributed by atoms with Gasteiger partial charge in [0.25, 0.3) is 5.92 Å². The number of hydrogen-bond donors (Lipinski definition) is 1. The number of carbonyl (C=O) groups is 1. The third-order valence-electron chi connectivity index (χ3n) is 2.49. The molecule has 0 heterocycles. The van der Waals surface area contributed by atoms with Crippen molar-refractivity contribution >= 4 is 5.97 Å². The van der Waals surface area contributed by atoms with Gasteiger partial charge in [0, 0.05) is 12.0 Å². The number of esters is 1. The molecular formula is C12H15F2NO3. The molecular weight excluding hydrogens is 244 g/mol. The first-order valence-electron chi connectivity index (χ1n) is 5.26. The third-order valence-corrected chi connectivity index (χ3v) is 2.49. The van der Waals surface area contributed by atoms with E-state index >= 15 is 0 Å². The molecule has 0 saturated carbocycles. The second-order valence-corrected chi connectivity index (χ2v) is 3.77. The van der Waals surface area contributed by atoms with Crippen molar-refractivity contribution < 1.29 is 23.0 Å². The van der Waals surface area contributed by atoms with Gasteiger partial charge in [-0.1, -0.05) is 0 Å². The molecule has 1 aromatic carbocycles. The zero-order valence-corrected chi connectivity index (χ0v) is 10.2. The van der Waals surface area contributed by atoms with Crippen LogP contribution in [0, 0.1) is 0 Å². The molecule has 0 fully saturated rings. The highest BCUT2D eigenvalue weighted by Crippen LogP contribution is 2.33. The smallest absolute Gasteiger partial charge is 0.322 e. The summed E-state index contributed by atoms with van der Waals surface area (Å²) in [6, 6.07) is 3.97. The van der Waals surface area contributed by atoms with E-state index in [1.165, 1.54) is 31.4 Å². The number of benzene rings is 1. The summed E-state index contributed by atoms with van der Waals surface area (Å²) in [5, 5.41) is 0. The minimum atomic E-state index is -3.19. The van der Waals surface area contributed by atoms with E-state index in [0.717, 1.165) is 7.11 Å². The largest absolute Gasteiger partial charge is 0.497 e. The van der Waals surface area contributed by atoms with Crippen LogP contribution in [0.25, 0.3) is 0 Å².